The Bertz CT molecular complexity index is 1550. The van der Waals surface area contributed by atoms with E-state index in [0.717, 1.165) is 48.5 Å². The summed E-state index contributed by atoms with van der Waals surface area (Å²) < 4.78 is 15.6. The molecule has 0 bridgehead atoms. The first-order valence-electron chi connectivity index (χ1n) is 12.0. The third kappa shape index (κ3) is 3.99. The molecule has 0 spiro atoms. The van der Waals surface area contributed by atoms with Crippen LogP contribution in [0.3, 0.4) is 0 Å². The number of thiazole rings is 1. The van der Waals surface area contributed by atoms with Crippen molar-refractivity contribution in [3.8, 4) is 17.3 Å². The summed E-state index contributed by atoms with van der Waals surface area (Å²) in [6.45, 7) is 1.74. The maximum atomic E-state index is 13.7. The molecule has 182 valence electrons. The monoisotopic (exact) mass is 517 g/mol. The Hall–Kier alpha value is -3.19. The minimum Gasteiger partial charge on any atom is -0.319 e. The number of fused-ring (bicyclic) bond motifs is 1. The molecule has 1 saturated heterocycles. The lowest BCUT2D eigenvalue weighted by atomic mass is 10.1. The lowest BCUT2D eigenvalue weighted by Gasteiger charge is -2.31. The van der Waals surface area contributed by atoms with E-state index in [1.807, 2.05) is 52.5 Å². The van der Waals surface area contributed by atoms with Crippen molar-refractivity contribution < 1.29 is 4.39 Å². The molecule has 6 nitrogen and oxygen atoms in total. The normalized spacial score (nSPS) is 17.8. The van der Waals surface area contributed by atoms with E-state index in [1.165, 1.54) is 23.5 Å². The zero-order valence-corrected chi connectivity index (χ0v) is 21.3. The molecular weight excluding hydrogens is 493 g/mol. The summed E-state index contributed by atoms with van der Waals surface area (Å²) in [5.41, 5.74) is 3.29. The van der Waals surface area contributed by atoms with Gasteiger partial charge in [0.2, 0.25) is 0 Å². The summed E-state index contributed by atoms with van der Waals surface area (Å²) in [6.07, 6.45) is 2.01. The first-order chi connectivity index (χ1) is 17.6. The number of hydrogen-bond donors (Lipinski definition) is 1. The molecule has 0 amide bonds. The molecule has 1 atom stereocenters. The second kappa shape index (κ2) is 9.36. The number of thioether (sulfide) groups is 1. The molecule has 1 N–H and O–H groups in total. The number of aromatic nitrogens is 2. The SMILES string of the molecule is CN(c1nc(-c2ccc(F)cc2)c(C#N)s1)c1c(C2CNCCS2)n(C2CC2)c(=O)c2ccccc12. The third-order valence-electron chi connectivity index (χ3n) is 6.74. The minimum absolute atomic E-state index is 0.0651. The molecule has 6 rings (SSSR count). The molecule has 1 unspecified atom stereocenters. The summed E-state index contributed by atoms with van der Waals surface area (Å²) in [5.74, 6) is 0.645. The van der Waals surface area contributed by atoms with Crippen LogP contribution in [0.2, 0.25) is 0 Å². The maximum Gasteiger partial charge on any atom is 0.259 e. The number of nitrogens with one attached hydrogen (secondary N) is 1. The predicted molar refractivity (Wildman–Crippen MR) is 145 cm³/mol. The van der Waals surface area contributed by atoms with E-state index in [-0.39, 0.29) is 22.7 Å². The van der Waals surface area contributed by atoms with Gasteiger partial charge in [0.25, 0.3) is 5.56 Å². The molecule has 2 aliphatic rings. The predicted octanol–water partition coefficient (Wildman–Crippen LogP) is 5.62. The molecule has 2 aromatic heterocycles. The molecule has 1 saturated carbocycles. The summed E-state index contributed by atoms with van der Waals surface area (Å²) >= 11 is 3.19. The van der Waals surface area contributed by atoms with Crippen molar-refractivity contribution in [2.45, 2.75) is 24.1 Å². The molecular formula is C27H24FN5OS2. The number of anilines is 2. The van der Waals surface area contributed by atoms with Gasteiger partial charge < -0.3 is 14.8 Å². The molecule has 9 heteroatoms. The number of nitriles is 1. The highest BCUT2D eigenvalue weighted by Gasteiger charge is 2.35. The van der Waals surface area contributed by atoms with Gasteiger partial charge in [-0.1, -0.05) is 29.5 Å². The maximum absolute atomic E-state index is 13.7. The average molecular weight is 518 g/mol. The van der Waals surface area contributed by atoms with Crippen molar-refractivity contribution in [3.05, 3.63) is 75.3 Å². The number of benzene rings is 2. The van der Waals surface area contributed by atoms with Gasteiger partial charge in [0.1, 0.15) is 22.5 Å². The van der Waals surface area contributed by atoms with E-state index >= 15 is 0 Å². The van der Waals surface area contributed by atoms with Gasteiger partial charge in [-0.15, -0.1) is 11.8 Å². The summed E-state index contributed by atoms with van der Waals surface area (Å²) in [7, 11) is 1.96. The molecule has 4 aromatic rings. The Labute approximate surface area is 216 Å². The zero-order valence-electron chi connectivity index (χ0n) is 19.7. The average Bonchev–Trinajstić information content (AvgIpc) is 3.66. The zero-order chi connectivity index (χ0) is 24.8. The van der Waals surface area contributed by atoms with Gasteiger partial charge in [-0.05, 0) is 43.2 Å². The lowest BCUT2D eigenvalue weighted by Crippen LogP contribution is -2.34. The van der Waals surface area contributed by atoms with Crippen molar-refractivity contribution in [2.75, 3.05) is 30.8 Å². The molecule has 0 radical (unpaired) electrons. The Kier molecular flexibility index (Phi) is 6.04. The van der Waals surface area contributed by atoms with Gasteiger partial charge >= 0.3 is 0 Å². The highest BCUT2D eigenvalue weighted by Crippen LogP contribution is 2.47. The number of nitrogens with zero attached hydrogens (tertiary/aromatic N) is 4. The number of pyridine rings is 1. The highest BCUT2D eigenvalue weighted by molar-refractivity contribution is 7.99. The molecule has 2 aromatic carbocycles. The van der Waals surface area contributed by atoms with Gasteiger partial charge in [-0.2, -0.15) is 5.26 Å². The smallest absolute Gasteiger partial charge is 0.259 e. The third-order valence-corrected chi connectivity index (χ3v) is 9.00. The fourth-order valence-electron chi connectivity index (χ4n) is 4.89. The largest absolute Gasteiger partial charge is 0.319 e. The van der Waals surface area contributed by atoms with Gasteiger partial charge in [0, 0.05) is 48.3 Å². The van der Waals surface area contributed by atoms with Crippen LogP contribution in [0.15, 0.2) is 53.3 Å². The van der Waals surface area contributed by atoms with Crippen molar-refractivity contribution in [3.63, 3.8) is 0 Å². The van der Waals surface area contributed by atoms with Crippen molar-refractivity contribution in [1.82, 2.24) is 14.9 Å². The van der Waals surface area contributed by atoms with Gasteiger partial charge in [0.05, 0.1) is 16.6 Å². The van der Waals surface area contributed by atoms with E-state index in [0.29, 0.717) is 26.7 Å². The quantitative estimate of drug-likeness (QED) is 0.371. The Balaban J connectivity index is 1.58. The van der Waals surface area contributed by atoms with E-state index in [9.17, 15) is 14.4 Å². The minimum atomic E-state index is -0.332. The van der Waals surface area contributed by atoms with Crippen LogP contribution in [0, 0.1) is 17.1 Å². The first-order valence-corrected chi connectivity index (χ1v) is 13.8. The lowest BCUT2D eigenvalue weighted by molar-refractivity contribution is 0.615. The molecule has 1 aliphatic carbocycles. The Morgan fingerprint density at radius 2 is 1.92 bits per heavy atom. The van der Waals surface area contributed by atoms with E-state index < -0.39 is 0 Å². The summed E-state index contributed by atoms with van der Waals surface area (Å²) in [4.78, 5) is 21.1. The standard InChI is InChI=1S/C27H24FN5OS2/c1-32(27-31-23(21(14-29)36-27)16-6-8-17(28)9-7-16)24-19-4-2-3-5-20(19)26(34)33(18-10-11-18)25(24)22-15-30-12-13-35-22/h2-9,18,22,30H,10-13,15H2,1H3. The fourth-order valence-corrected chi connectivity index (χ4v) is 6.91. The summed E-state index contributed by atoms with van der Waals surface area (Å²) in [5, 5.41) is 15.7. The molecule has 36 heavy (non-hydrogen) atoms. The van der Waals surface area contributed by atoms with Crippen LogP contribution in [-0.2, 0) is 0 Å². The fraction of sp³-hybridized carbons (Fsp3) is 0.296. The Morgan fingerprint density at radius 3 is 2.58 bits per heavy atom. The van der Waals surface area contributed by atoms with Crippen LogP contribution in [0.5, 0.6) is 0 Å². The van der Waals surface area contributed by atoms with Crippen LogP contribution < -0.4 is 15.8 Å². The Morgan fingerprint density at radius 1 is 1.17 bits per heavy atom. The topological polar surface area (TPSA) is 74.0 Å². The van der Waals surface area contributed by atoms with Crippen molar-refractivity contribution in [2.24, 2.45) is 0 Å². The highest BCUT2D eigenvalue weighted by atomic mass is 32.2. The molecule has 1 aliphatic heterocycles. The van der Waals surface area contributed by atoms with Gasteiger partial charge in [-0.3, -0.25) is 4.79 Å². The van der Waals surface area contributed by atoms with Gasteiger partial charge in [0.15, 0.2) is 5.13 Å². The van der Waals surface area contributed by atoms with Gasteiger partial charge in [-0.25, -0.2) is 9.37 Å². The van der Waals surface area contributed by atoms with Crippen molar-refractivity contribution in [1.29, 1.82) is 5.26 Å². The molecule has 2 fully saturated rings. The van der Waals surface area contributed by atoms with Crippen molar-refractivity contribution >= 4 is 44.7 Å². The van der Waals surface area contributed by atoms with Crippen LogP contribution >= 0.6 is 23.1 Å². The van der Waals surface area contributed by atoms with Crippen LogP contribution in [0.4, 0.5) is 15.2 Å². The number of halogens is 1. The second-order valence-corrected chi connectivity index (χ2v) is 11.4. The van der Waals surface area contributed by atoms with E-state index in [4.69, 9.17) is 4.98 Å². The first kappa shape index (κ1) is 23.2. The van der Waals surface area contributed by atoms with E-state index in [1.54, 1.807) is 12.1 Å². The van der Waals surface area contributed by atoms with E-state index in [2.05, 4.69) is 11.4 Å². The number of rotatable bonds is 5. The number of hydrogen-bond acceptors (Lipinski definition) is 7. The van der Waals surface area contributed by atoms with Crippen LogP contribution in [-0.4, -0.2) is 35.4 Å². The van der Waals surface area contributed by atoms with Crippen LogP contribution in [0.1, 0.15) is 34.7 Å². The second-order valence-electron chi connectivity index (χ2n) is 9.10. The van der Waals surface area contributed by atoms with Crippen LogP contribution in [0.25, 0.3) is 22.0 Å². The molecule has 3 heterocycles. The summed E-state index contributed by atoms with van der Waals surface area (Å²) in [6, 6.07) is 16.3.